The highest BCUT2D eigenvalue weighted by molar-refractivity contribution is 7.10. The minimum atomic E-state index is 0.317. The third-order valence-corrected chi connectivity index (χ3v) is 22.6. The second-order valence-corrected chi connectivity index (χ2v) is 33.2. The van der Waals surface area contributed by atoms with Crippen molar-refractivity contribution in [3.63, 3.8) is 0 Å². The summed E-state index contributed by atoms with van der Waals surface area (Å²) in [5, 5.41) is 37.0. The van der Waals surface area contributed by atoms with E-state index in [2.05, 4.69) is 325 Å². The molecule has 0 aliphatic heterocycles. The van der Waals surface area contributed by atoms with Crippen molar-refractivity contribution in [2.45, 2.75) is 152 Å². The lowest BCUT2D eigenvalue weighted by molar-refractivity contribution is 0.673. The number of hydrogen-bond acceptors (Lipinski definition) is 12. The van der Waals surface area contributed by atoms with Crippen molar-refractivity contribution in [2.75, 3.05) is 5.73 Å². The van der Waals surface area contributed by atoms with Gasteiger partial charge in [-0.05, 0) is 175 Å². The Kier molecular flexibility index (Phi) is 25.5. The first-order valence-corrected chi connectivity index (χ1v) is 41.4. The summed E-state index contributed by atoms with van der Waals surface area (Å²) in [7, 11) is 9.87. The zero-order chi connectivity index (χ0) is 83.0. The Labute approximate surface area is 691 Å². The van der Waals surface area contributed by atoms with Crippen LogP contribution in [0.3, 0.4) is 0 Å². The number of nitrogens with two attached hydrogens (primary N) is 1. The van der Waals surface area contributed by atoms with Crippen molar-refractivity contribution < 1.29 is 0 Å². The van der Waals surface area contributed by atoms with E-state index in [9.17, 15) is 0 Å². The first kappa shape index (κ1) is 82.5. The molecule has 18 nitrogen and oxygen atoms in total. The van der Waals surface area contributed by atoms with E-state index in [0.29, 0.717) is 35.5 Å². The number of pyridine rings is 2. The third kappa shape index (κ3) is 19.1. The molecule has 18 aromatic rings. The molecule has 8 aromatic carbocycles. The number of imidazole rings is 1. The normalized spacial score (nSPS) is 11.5. The molecule has 0 saturated carbocycles. The van der Waals surface area contributed by atoms with Gasteiger partial charge in [0.25, 0.3) is 0 Å². The lowest BCUT2D eigenvalue weighted by Gasteiger charge is -2.10. The van der Waals surface area contributed by atoms with Gasteiger partial charge >= 0.3 is 0 Å². The van der Waals surface area contributed by atoms with E-state index in [4.69, 9.17) is 30.9 Å². The number of fused-ring (bicyclic) bond motifs is 6. The predicted molar refractivity (Wildman–Crippen MR) is 486 cm³/mol. The van der Waals surface area contributed by atoms with Crippen LogP contribution < -0.4 is 5.73 Å². The largest absolute Gasteiger partial charge is 0.397 e. The van der Waals surface area contributed by atoms with E-state index in [1.807, 2.05) is 103 Å². The lowest BCUT2D eigenvalue weighted by atomic mass is 10.0. The smallest absolute Gasteiger partial charge is 0.139 e. The van der Waals surface area contributed by atoms with Gasteiger partial charge in [0.05, 0.1) is 116 Å². The molecule has 0 aliphatic rings. The maximum absolute atomic E-state index is 5.99. The Balaban J connectivity index is 0.000000122. The quantitative estimate of drug-likeness (QED) is 0.109. The monoisotopic (exact) mass is 1570 g/mol. The van der Waals surface area contributed by atoms with Crippen molar-refractivity contribution in [2.24, 2.45) is 35.2 Å². The van der Waals surface area contributed by atoms with Crippen LogP contribution in [0.15, 0.2) is 230 Å². The fourth-order valence-corrected chi connectivity index (χ4v) is 15.2. The number of aryl methyl sites for hydroxylation is 8. The molecule has 0 saturated heterocycles. The van der Waals surface area contributed by atoms with Crippen LogP contribution in [-0.4, -0.2) is 83.2 Å². The molecule has 117 heavy (non-hydrogen) atoms. The zero-order valence-electron chi connectivity index (χ0n) is 71.4. The van der Waals surface area contributed by atoms with E-state index in [1.54, 1.807) is 11.3 Å². The number of aromatic nitrogens is 17. The van der Waals surface area contributed by atoms with Crippen LogP contribution in [-0.2, 0) is 48.3 Å². The van der Waals surface area contributed by atoms with Crippen molar-refractivity contribution >= 4 is 82.4 Å². The van der Waals surface area contributed by atoms with Gasteiger partial charge in [-0.1, -0.05) is 180 Å². The van der Waals surface area contributed by atoms with Gasteiger partial charge in [0.2, 0.25) is 0 Å². The summed E-state index contributed by atoms with van der Waals surface area (Å²) in [6.45, 7) is 34.1. The van der Waals surface area contributed by atoms with Gasteiger partial charge in [0.1, 0.15) is 5.82 Å². The second kappa shape index (κ2) is 36.1. The van der Waals surface area contributed by atoms with Crippen LogP contribution in [0.1, 0.15) is 180 Å². The highest BCUT2D eigenvalue weighted by Crippen LogP contribution is 2.34. The standard InChI is InChI=1S/2C18H20N2.C17H19N3.C16H18N4.C15H18N4.C14H15N3S/c1-13(2)16-9-10-18-17(11-16)14(3)20(19-18)12-15-7-5-4-6-8-15;1-13(2)16-9-10-18-17(11-16)14(3)19-20(18)12-15-7-5-4-6-8-15;1-11(2)15-7-5-12(3)17(19-15)13-6-8-16-14(9-13)10-18-20(16)4;1-10(2)16-13(17)5-6-14(19-16)11-4-7-15-12(8-11)9-18-20(15)3;1-10(2)13-9-18(3)15(17-13)11-5-6-14-12(7-11)8-16-19(14)4;1-9(2)14-16-12(8-18-14)10-4-5-13-11(6-10)7-15-17(13)3/h2*4-11,13H,12H2,1-3H3;5-11H,1-4H3;4-10H,17H2,1-3H3;5-10H,1-4H3;4-9H,1-3H3. The molecule has 10 heterocycles. The van der Waals surface area contributed by atoms with Crippen LogP contribution in [0.2, 0.25) is 0 Å². The van der Waals surface area contributed by atoms with E-state index >= 15 is 0 Å². The highest BCUT2D eigenvalue weighted by Gasteiger charge is 2.18. The van der Waals surface area contributed by atoms with Crippen LogP contribution >= 0.6 is 11.3 Å². The number of thiazole rings is 1. The molecule has 2 N–H and O–H groups in total. The van der Waals surface area contributed by atoms with Crippen LogP contribution in [0.25, 0.3) is 111 Å². The molecule has 0 atom stereocenters. The van der Waals surface area contributed by atoms with E-state index in [1.165, 1.54) is 60.4 Å². The summed E-state index contributed by atoms with van der Waals surface area (Å²) in [5.74, 6) is 3.81. The van der Waals surface area contributed by atoms with E-state index in [0.717, 1.165) is 130 Å². The van der Waals surface area contributed by atoms with Crippen molar-refractivity contribution in [1.82, 2.24) is 83.2 Å². The molecule has 0 amide bonds. The summed E-state index contributed by atoms with van der Waals surface area (Å²) in [4.78, 5) is 18.9. The Morgan fingerprint density at radius 1 is 0.385 bits per heavy atom. The van der Waals surface area contributed by atoms with Crippen molar-refractivity contribution in [3.05, 3.63) is 292 Å². The molecule has 0 radical (unpaired) electrons. The van der Waals surface area contributed by atoms with Crippen molar-refractivity contribution in [3.8, 4) is 45.2 Å². The number of rotatable bonds is 14. The molecule has 10 aromatic heterocycles. The lowest BCUT2D eigenvalue weighted by Crippen LogP contribution is -2.03. The minimum absolute atomic E-state index is 0.317. The third-order valence-electron chi connectivity index (χ3n) is 21.5. The fourth-order valence-electron chi connectivity index (χ4n) is 14.4. The maximum Gasteiger partial charge on any atom is 0.139 e. The fraction of sp³-hybridized carbons (Fsp3) is 0.286. The van der Waals surface area contributed by atoms with Gasteiger partial charge < -0.3 is 10.3 Å². The highest BCUT2D eigenvalue weighted by atomic mass is 32.1. The summed E-state index contributed by atoms with van der Waals surface area (Å²) >= 11 is 1.73. The van der Waals surface area contributed by atoms with E-state index < -0.39 is 0 Å². The number of hydrogen-bond donors (Lipinski definition) is 1. The van der Waals surface area contributed by atoms with Gasteiger partial charge in [0.15, 0.2) is 0 Å². The van der Waals surface area contributed by atoms with Crippen LogP contribution in [0.4, 0.5) is 5.69 Å². The van der Waals surface area contributed by atoms with Gasteiger partial charge in [-0.25, -0.2) is 9.97 Å². The molecular weight excluding hydrogens is 1460 g/mol. The predicted octanol–water partition coefficient (Wildman–Crippen LogP) is 23.4. The molecule has 19 heteroatoms. The summed E-state index contributed by atoms with van der Waals surface area (Å²) < 4.78 is 13.8. The second-order valence-electron chi connectivity index (χ2n) is 32.3. The average molecular weight is 1570 g/mol. The van der Waals surface area contributed by atoms with Crippen LogP contribution in [0.5, 0.6) is 0 Å². The Morgan fingerprint density at radius 2 is 0.863 bits per heavy atom. The molecule has 0 fully saturated rings. The maximum atomic E-state index is 5.99. The van der Waals surface area contributed by atoms with Crippen molar-refractivity contribution in [1.29, 1.82) is 0 Å². The molecule has 0 bridgehead atoms. The first-order valence-electron chi connectivity index (χ1n) is 40.6. The Bertz CT molecular complexity index is 6410. The molecule has 0 aliphatic carbocycles. The van der Waals surface area contributed by atoms with Gasteiger partial charge in [-0.15, -0.1) is 11.3 Å². The topological polar surface area (TPSA) is 189 Å². The van der Waals surface area contributed by atoms with Crippen LogP contribution in [0, 0.1) is 20.8 Å². The Hall–Kier alpha value is -12.5. The SMILES string of the molecule is CC(C)c1cn(C)c(-c2ccc3c(cnn3C)c2)n1.CC(C)c1nc(-c2ccc3c(cnn3C)c2)ccc1N.CC(C)c1nc(-c2ccc3c(cnn3C)c2)cs1.Cc1c2cc(C(C)C)ccc2nn1Cc1ccccc1.Cc1ccc(C(C)C)nc1-c1ccc2c(cnn2C)c1.Cc1nn(Cc2ccccc2)c2ccc(C(C)C)cc12. The minimum Gasteiger partial charge on any atom is -0.397 e. The van der Waals surface area contributed by atoms with Gasteiger partial charge in [-0.3, -0.25) is 38.1 Å². The Morgan fingerprint density at radius 3 is 1.37 bits per heavy atom. The number of nitrogens with zero attached hydrogens (tertiary/aromatic N) is 17. The summed E-state index contributed by atoms with van der Waals surface area (Å²) in [5.41, 5.74) is 33.3. The number of benzene rings is 8. The molecule has 0 spiro atoms. The van der Waals surface area contributed by atoms with Gasteiger partial charge in [0, 0.05) is 119 Å². The molecular formula is C98H110N18S. The molecule has 598 valence electrons. The zero-order valence-corrected chi connectivity index (χ0v) is 72.2. The number of anilines is 1. The number of nitrogen functional groups attached to an aromatic ring is 1. The average Bonchev–Trinajstić information content (AvgIpc) is 1.42. The first-order chi connectivity index (χ1) is 56.1. The molecule has 18 rings (SSSR count). The molecule has 0 unspecified atom stereocenters. The van der Waals surface area contributed by atoms with Gasteiger partial charge in [-0.2, -0.15) is 30.6 Å². The van der Waals surface area contributed by atoms with E-state index in [-0.39, 0.29) is 0 Å². The summed E-state index contributed by atoms with van der Waals surface area (Å²) in [6.07, 6.45) is 9.67. The summed E-state index contributed by atoms with van der Waals surface area (Å²) in [6, 6.07) is 67.9.